The maximum Gasteiger partial charge on any atom is 0.313 e. The van der Waals surface area contributed by atoms with Gasteiger partial charge in [-0.05, 0) is 6.07 Å². The number of thiazole rings is 1. The van der Waals surface area contributed by atoms with E-state index in [9.17, 15) is 13.6 Å². The summed E-state index contributed by atoms with van der Waals surface area (Å²) in [6.07, 6.45) is 1.39. The van der Waals surface area contributed by atoms with E-state index in [1.807, 2.05) is 0 Å². The zero-order valence-electron chi connectivity index (χ0n) is 11.7. The van der Waals surface area contributed by atoms with Gasteiger partial charge in [0.25, 0.3) is 5.89 Å². The number of H-pyrrole nitrogens is 1. The van der Waals surface area contributed by atoms with Gasteiger partial charge in [0, 0.05) is 28.5 Å². The van der Waals surface area contributed by atoms with E-state index >= 15 is 0 Å². The summed E-state index contributed by atoms with van der Waals surface area (Å²) in [6.45, 7) is 0. The molecule has 10 heteroatoms. The Hall–Kier alpha value is -3.14. The van der Waals surface area contributed by atoms with Crippen molar-refractivity contribution in [2.75, 3.05) is 5.73 Å². The quantitative estimate of drug-likeness (QED) is 0.551. The molecule has 0 fully saturated rings. The van der Waals surface area contributed by atoms with E-state index < -0.39 is 17.4 Å². The number of hydrogen-bond acceptors (Lipinski definition) is 7. The van der Waals surface area contributed by atoms with Crippen molar-refractivity contribution in [1.82, 2.24) is 20.2 Å². The molecule has 4 rings (SSSR count). The number of nitrogens with two attached hydrogens (primary N) is 1. The van der Waals surface area contributed by atoms with Crippen LogP contribution in [-0.4, -0.2) is 25.9 Å². The van der Waals surface area contributed by atoms with E-state index in [2.05, 4.69) is 20.2 Å². The second kappa shape index (κ2) is 5.20. The van der Waals surface area contributed by atoms with Gasteiger partial charge in [-0.25, -0.2) is 13.8 Å². The summed E-state index contributed by atoms with van der Waals surface area (Å²) >= 11 is 1.06. The third-order valence-electron chi connectivity index (χ3n) is 3.33. The fraction of sp³-hybridized carbons (Fsp3) is 0. The third kappa shape index (κ3) is 2.24. The molecule has 3 aromatic heterocycles. The zero-order chi connectivity index (χ0) is 16.8. The standard InChI is InChI=1S/C14H7F2N5O2S/c15-7-1-5-6(3-18-9(5)2-8(7)16)11(22)13-19-10(4-24-13)12-20-21-14(17)23-12/h1-4,18H,(H2,17,21). The molecule has 0 unspecified atom stereocenters. The highest BCUT2D eigenvalue weighted by Crippen LogP contribution is 2.27. The summed E-state index contributed by atoms with van der Waals surface area (Å²) in [7, 11) is 0. The molecule has 0 saturated carbocycles. The van der Waals surface area contributed by atoms with Crippen molar-refractivity contribution in [2.24, 2.45) is 0 Å². The Balaban J connectivity index is 1.74. The molecule has 0 bridgehead atoms. The summed E-state index contributed by atoms with van der Waals surface area (Å²) in [5, 5.41) is 9.19. The lowest BCUT2D eigenvalue weighted by molar-refractivity contribution is 0.104. The molecule has 0 spiro atoms. The number of ketones is 1. The fourth-order valence-corrected chi connectivity index (χ4v) is 2.98. The van der Waals surface area contributed by atoms with Crippen LogP contribution in [0.5, 0.6) is 0 Å². The summed E-state index contributed by atoms with van der Waals surface area (Å²) in [5.74, 6) is -2.36. The maximum atomic E-state index is 13.4. The topological polar surface area (TPSA) is 111 Å². The van der Waals surface area contributed by atoms with Gasteiger partial charge in [-0.1, -0.05) is 5.10 Å². The second-order valence-corrected chi connectivity index (χ2v) is 5.68. The van der Waals surface area contributed by atoms with E-state index in [1.54, 1.807) is 5.38 Å². The van der Waals surface area contributed by atoms with Crippen molar-refractivity contribution < 1.29 is 18.0 Å². The first kappa shape index (κ1) is 14.5. The number of halogens is 2. The van der Waals surface area contributed by atoms with E-state index in [0.29, 0.717) is 11.2 Å². The number of carbonyl (C=O) groups is 1. The van der Waals surface area contributed by atoms with Crippen LogP contribution >= 0.6 is 11.3 Å². The Morgan fingerprint density at radius 3 is 2.79 bits per heavy atom. The first-order chi connectivity index (χ1) is 11.5. The van der Waals surface area contributed by atoms with Crippen LogP contribution in [-0.2, 0) is 0 Å². The van der Waals surface area contributed by atoms with Crippen LogP contribution in [0.25, 0.3) is 22.5 Å². The average Bonchev–Trinajstić information content (AvgIpc) is 3.26. The van der Waals surface area contributed by atoms with Gasteiger partial charge in [-0.3, -0.25) is 4.79 Å². The monoisotopic (exact) mass is 347 g/mol. The number of nitrogen functional groups attached to an aromatic ring is 1. The molecule has 3 N–H and O–H groups in total. The minimum atomic E-state index is -1.03. The molecule has 0 aliphatic carbocycles. The minimum Gasteiger partial charge on any atom is -0.402 e. The SMILES string of the molecule is Nc1nnc(-c2csc(C(=O)c3c[nH]c4cc(F)c(F)cc34)n2)o1. The van der Waals surface area contributed by atoms with Crippen molar-refractivity contribution in [3.05, 3.63) is 45.9 Å². The molecule has 7 nitrogen and oxygen atoms in total. The number of fused-ring (bicyclic) bond motifs is 1. The van der Waals surface area contributed by atoms with E-state index in [4.69, 9.17) is 10.2 Å². The molecule has 3 heterocycles. The molecular weight excluding hydrogens is 340 g/mol. The van der Waals surface area contributed by atoms with Crippen LogP contribution in [0.15, 0.2) is 28.1 Å². The summed E-state index contributed by atoms with van der Waals surface area (Å²) < 4.78 is 31.7. The largest absolute Gasteiger partial charge is 0.402 e. The Morgan fingerprint density at radius 1 is 1.25 bits per heavy atom. The molecular formula is C14H7F2N5O2S. The minimum absolute atomic E-state index is 0.0924. The van der Waals surface area contributed by atoms with Gasteiger partial charge in [0.05, 0.1) is 5.56 Å². The molecule has 4 aromatic rings. The normalized spacial score (nSPS) is 11.2. The van der Waals surface area contributed by atoms with Gasteiger partial charge in [-0.2, -0.15) is 0 Å². The van der Waals surface area contributed by atoms with E-state index in [1.165, 1.54) is 6.20 Å². The van der Waals surface area contributed by atoms with Gasteiger partial charge in [0.15, 0.2) is 16.6 Å². The first-order valence-electron chi connectivity index (χ1n) is 6.58. The number of carbonyl (C=O) groups excluding carboxylic acids is 1. The molecule has 0 aliphatic rings. The highest BCUT2D eigenvalue weighted by molar-refractivity contribution is 7.12. The van der Waals surface area contributed by atoms with Gasteiger partial charge in [0.2, 0.25) is 5.78 Å². The molecule has 1 aromatic carbocycles. The summed E-state index contributed by atoms with van der Waals surface area (Å²) in [4.78, 5) is 19.5. The van der Waals surface area contributed by atoms with Gasteiger partial charge in [-0.15, -0.1) is 16.4 Å². The molecule has 0 atom stereocenters. The average molecular weight is 347 g/mol. The molecule has 0 aliphatic heterocycles. The van der Waals surface area contributed by atoms with Gasteiger partial charge < -0.3 is 15.1 Å². The van der Waals surface area contributed by atoms with Crippen molar-refractivity contribution in [2.45, 2.75) is 0 Å². The van der Waals surface area contributed by atoms with Crippen molar-refractivity contribution in [1.29, 1.82) is 0 Å². The number of aromatic amines is 1. The van der Waals surface area contributed by atoms with Gasteiger partial charge >= 0.3 is 6.01 Å². The molecule has 24 heavy (non-hydrogen) atoms. The third-order valence-corrected chi connectivity index (χ3v) is 4.17. The van der Waals surface area contributed by atoms with Crippen LogP contribution in [0.4, 0.5) is 14.8 Å². The number of aromatic nitrogens is 4. The Kier molecular flexibility index (Phi) is 3.13. The van der Waals surface area contributed by atoms with Crippen LogP contribution in [0, 0.1) is 11.6 Å². The zero-order valence-corrected chi connectivity index (χ0v) is 12.5. The smallest absolute Gasteiger partial charge is 0.313 e. The Labute approximate surface area is 136 Å². The molecule has 0 saturated heterocycles. The summed E-state index contributed by atoms with van der Waals surface area (Å²) in [5.41, 5.74) is 6.16. The van der Waals surface area contributed by atoms with E-state index in [-0.39, 0.29) is 27.9 Å². The van der Waals surface area contributed by atoms with Crippen LogP contribution in [0.2, 0.25) is 0 Å². The Morgan fingerprint density at radius 2 is 2.04 bits per heavy atom. The predicted molar refractivity (Wildman–Crippen MR) is 81.5 cm³/mol. The predicted octanol–water partition coefficient (Wildman–Crippen LogP) is 2.77. The van der Waals surface area contributed by atoms with Gasteiger partial charge in [0.1, 0.15) is 5.69 Å². The Bertz CT molecular complexity index is 1080. The molecule has 120 valence electrons. The number of nitrogens with zero attached hydrogens (tertiary/aromatic N) is 3. The number of hydrogen-bond donors (Lipinski definition) is 2. The number of nitrogens with one attached hydrogen (secondary N) is 1. The van der Waals surface area contributed by atoms with Crippen LogP contribution in [0.3, 0.4) is 0 Å². The summed E-state index contributed by atoms with van der Waals surface area (Å²) in [6, 6.07) is 1.86. The lowest BCUT2D eigenvalue weighted by atomic mass is 10.1. The fourth-order valence-electron chi connectivity index (χ4n) is 2.23. The van der Waals surface area contributed by atoms with Crippen molar-refractivity contribution in [3.8, 4) is 11.6 Å². The lowest BCUT2D eigenvalue weighted by Crippen LogP contribution is -2.00. The molecule has 0 amide bonds. The number of anilines is 1. The highest BCUT2D eigenvalue weighted by atomic mass is 32.1. The van der Waals surface area contributed by atoms with Crippen LogP contribution in [0.1, 0.15) is 15.4 Å². The van der Waals surface area contributed by atoms with Crippen molar-refractivity contribution in [3.63, 3.8) is 0 Å². The first-order valence-corrected chi connectivity index (χ1v) is 7.46. The molecule has 0 radical (unpaired) electrons. The van der Waals surface area contributed by atoms with Crippen LogP contribution < -0.4 is 5.73 Å². The second-order valence-electron chi connectivity index (χ2n) is 4.83. The number of benzene rings is 1. The lowest BCUT2D eigenvalue weighted by Gasteiger charge is -1.97. The maximum absolute atomic E-state index is 13.4. The van der Waals surface area contributed by atoms with E-state index in [0.717, 1.165) is 23.5 Å². The van der Waals surface area contributed by atoms with Crippen molar-refractivity contribution >= 4 is 34.0 Å². The number of rotatable bonds is 3. The highest BCUT2D eigenvalue weighted by Gasteiger charge is 2.21.